The number of ether oxygens (including phenoxy) is 3. The highest BCUT2D eigenvalue weighted by Gasteiger charge is 2.47. The van der Waals surface area contributed by atoms with Crippen LogP contribution in [0.2, 0.25) is 0 Å². The molecule has 0 radical (unpaired) electrons. The van der Waals surface area contributed by atoms with Crippen molar-refractivity contribution >= 4 is 5.91 Å². The second kappa shape index (κ2) is 13.2. The summed E-state index contributed by atoms with van der Waals surface area (Å²) >= 11 is 0. The molecule has 0 bridgehead atoms. The lowest BCUT2D eigenvalue weighted by Gasteiger charge is -2.44. The maximum atomic E-state index is 12.0. The normalized spacial score (nSPS) is 22.7. The number of hydrogen-bond donors (Lipinski definition) is 3. The van der Waals surface area contributed by atoms with Crippen LogP contribution in [0.15, 0.2) is 121 Å². The fourth-order valence-corrected chi connectivity index (χ4v) is 5.33. The van der Waals surface area contributed by atoms with Gasteiger partial charge in [0.25, 0.3) is 0 Å². The van der Waals surface area contributed by atoms with Gasteiger partial charge in [-0.25, -0.2) is 0 Å². The number of carbonyl (C=O) groups excluding carboxylic acids is 1. The first-order chi connectivity index (χ1) is 20.0. The smallest absolute Gasteiger partial charge is 0.217 e. The minimum atomic E-state index is -1.35. The van der Waals surface area contributed by atoms with E-state index in [0.29, 0.717) is 0 Å². The van der Waals surface area contributed by atoms with Crippen molar-refractivity contribution in [1.82, 2.24) is 5.32 Å². The van der Waals surface area contributed by atoms with Crippen LogP contribution in [-0.4, -0.2) is 53.4 Å². The Balaban J connectivity index is 1.47. The summed E-state index contributed by atoms with van der Waals surface area (Å²) in [6, 6.07) is 38.2. The molecule has 212 valence electrons. The summed E-state index contributed by atoms with van der Waals surface area (Å²) in [5.74, 6) is -0.371. The Hall–Kier alpha value is -3.85. The average molecular weight is 554 g/mol. The van der Waals surface area contributed by atoms with Crippen LogP contribution in [-0.2, 0) is 31.2 Å². The highest BCUT2D eigenvalue weighted by molar-refractivity contribution is 5.73. The molecule has 1 amide bonds. The first-order valence-electron chi connectivity index (χ1n) is 13.7. The van der Waals surface area contributed by atoms with Crippen LogP contribution in [0.1, 0.15) is 29.2 Å². The number of aliphatic hydroxyl groups is 2. The maximum absolute atomic E-state index is 12.0. The van der Waals surface area contributed by atoms with Gasteiger partial charge in [-0.2, -0.15) is 0 Å². The lowest BCUT2D eigenvalue weighted by atomic mass is 9.80. The summed E-state index contributed by atoms with van der Waals surface area (Å²) in [6.45, 7) is 1.46. The molecule has 0 aromatic heterocycles. The first-order valence-corrected chi connectivity index (χ1v) is 13.7. The molecule has 5 atom stereocenters. The van der Waals surface area contributed by atoms with Crippen molar-refractivity contribution in [2.45, 2.75) is 49.8 Å². The van der Waals surface area contributed by atoms with Crippen LogP contribution in [0.3, 0.4) is 0 Å². The summed E-state index contributed by atoms with van der Waals surface area (Å²) in [4.78, 5) is 12.0. The molecule has 0 saturated carbocycles. The Morgan fingerprint density at radius 3 is 1.68 bits per heavy atom. The predicted octanol–water partition coefficient (Wildman–Crippen LogP) is 4.16. The molecule has 4 aromatic rings. The van der Waals surface area contributed by atoms with E-state index in [4.69, 9.17) is 14.2 Å². The van der Waals surface area contributed by atoms with Crippen molar-refractivity contribution in [2.24, 2.45) is 0 Å². The molecule has 5 rings (SSSR count). The molecule has 7 nitrogen and oxygen atoms in total. The molecule has 1 heterocycles. The molecule has 0 unspecified atom stereocenters. The van der Waals surface area contributed by atoms with Crippen molar-refractivity contribution in [3.05, 3.63) is 144 Å². The standard InChI is InChI=1S/C34H35NO6/c1-24(36)35-30-32(38)31(37)29(41-33(30)39-22-25-14-6-2-7-15-25)23-40-34(26-16-8-3-9-17-26,27-18-10-4-11-19-27)28-20-12-5-13-21-28/h2-21,29-33,37-38H,22-23H2,1H3,(H,35,36)/t29-,30+,31+,32-,33-/m1/s1. The van der Waals surface area contributed by atoms with Gasteiger partial charge < -0.3 is 29.7 Å². The third-order valence-electron chi connectivity index (χ3n) is 7.33. The SMILES string of the molecule is CC(=O)N[C@@H]1[C@H](OCc2ccccc2)O[C@H](COC(c2ccccc2)(c2ccccc2)c2ccccc2)[C@H](O)[C@@H]1O. The summed E-state index contributed by atoms with van der Waals surface area (Å²) in [5.41, 5.74) is 2.57. The second-order valence-electron chi connectivity index (χ2n) is 10.1. The largest absolute Gasteiger partial charge is 0.388 e. The van der Waals surface area contributed by atoms with E-state index in [1.807, 2.05) is 121 Å². The molecule has 3 N–H and O–H groups in total. The summed E-state index contributed by atoms with van der Waals surface area (Å²) in [6.07, 6.45) is -4.66. The molecule has 0 spiro atoms. The van der Waals surface area contributed by atoms with Crippen molar-refractivity contribution in [3.63, 3.8) is 0 Å². The van der Waals surface area contributed by atoms with Gasteiger partial charge in [-0.15, -0.1) is 0 Å². The Morgan fingerprint density at radius 2 is 1.22 bits per heavy atom. The van der Waals surface area contributed by atoms with Gasteiger partial charge in [-0.05, 0) is 22.3 Å². The summed E-state index contributed by atoms with van der Waals surface area (Å²) < 4.78 is 19.1. The first kappa shape index (κ1) is 28.7. The van der Waals surface area contributed by atoms with Crippen LogP contribution >= 0.6 is 0 Å². The fraction of sp³-hybridized carbons (Fsp3) is 0.265. The number of amides is 1. The van der Waals surface area contributed by atoms with E-state index in [-0.39, 0.29) is 19.1 Å². The molecule has 1 aliphatic heterocycles. The summed E-state index contributed by atoms with van der Waals surface area (Å²) in [7, 11) is 0. The quantitative estimate of drug-likeness (QED) is 0.255. The molecule has 0 aliphatic carbocycles. The Kier molecular flexibility index (Phi) is 9.24. The molecule has 1 aliphatic rings. The van der Waals surface area contributed by atoms with Crippen LogP contribution in [0.25, 0.3) is 0 Å². The van der Waals surface area contributed by atoms with E-state index in [2.05, 4.69) is 5.32 Å². The van der Waals surface area contributed by atoms with Gasteiger partial charge >= 0.3 is 0 Å². The minimum Gasteiger partial charge on any atom is -0.388 e. The maximum Gasteiger partial charge on any atom is 0.217 e. The van der Waals surface area contributed by atoms with Gasteiger partial charge in [0.15, 0.2) is 6.29 Å². The number of rotatable bonds is 10. The fourth-order valence-electron chi connectivity index (χ4n) is 5.33. The molecular formula is C34H35NO6. The molecule has 41 heavy (non-hydrogen) atoms. The van der Waals surface area contributed by atoms with Gasteiger partial charge in [-0.3, -0.25) is 4.79 Å². The second-order valence-corrected chi connectivity index (χ2v) is 10.1. The number of carbonyl (C=O) groups is 1. The van der Waals surface area contributed by atoms with Gasteiger partial charge in [0.2, 0.25) is 5.91 Å². The van der Waals surface area contributed by atoms with Crippen LogP contribution in [0.5, 0.6) is 0 Å². The monoisotopic (exact) mass is 553 g/mol. The lowest BCUT2D eigenvalue weighted by molar-refractivity contribution is -0.279. The van der Waals surface area contributed by atoms with Crippen LogP contribution in [0, 0.1) is 0 Å². The molecule has 4 aromatic carbocycles. The van der Waals surface area contributed by atoms with Gasteiger partial charge in [0.1, 0.15) is 30.0 Å². The van der Waals surface area contributed by atoms with E-state index in [0.717, 1.165) is 22.3 Å². The Bertz CT molecular complexity index is 1270. The van der Waals surface area contributed by atoms with Crippen LogP contribution < -0.4 is 5.32 Å². The number of nitrogens with one attached hydrogen (secondary N) is 1. The average Bonchev–Trinajstić information content (AvgIpc) is 3.02. The number of benzene rings is 4. The van der Waals surface area contributed by atoms with Crippen molar-refractivity contribution in [2.75, 3.05) is 6.61 Å². The Morgan fingerprint density at radius 1 is 0.756 bits per heavy atom. The van der Waals surface area contributed by atoms with E-state index < -0.39 is 36.2 Å². The van der Waals surface area contributed by atoms with E-state index in [1.54, 1.807) is 0 Å². The molecule has 7 heteroatoms. The van der Waals surface area contributed by atoms with Crippen molar-refractivity contribution in [1.29, 1.82) is 0 Å². The molecule has 1 saturated heterocycles. The van der Waals surface area contributed by atoms with Crippen molar-refractivity contribution in [3.8, 4) is 0 Å². The van der Waals surface area contributed by atoms with Crippen LogP contribution in [0.4, 0.5) is 0 Å². The zero-order valence-corrected chi connectivity index (χ0v) is 22.9. The van der Waals surface area contributed by atoms with Gasteiger partial charge in [0, 0.05) is 6.92 Å². The third-order valence-corrected chi connectivity index (χ3v) is 7.33. The molecular weight excluding hydrogens is 518 g/mol. The van der Waals surface area contributed by atoms with E-state index >= 15 is 0 Å². The highest BCUT2D eigenvalue weighted by Crippen LogP contribution is 2.41. The number of hydrogen-bond acceptors (Lipinski definition) is 6. The zero-order valence-electron chi connectivity index (χ0n) is 22.9. The molecule has 1 fully saturated rings. The lowest BCUT2D eigenvalue weighted by Crippen LogP contribution is -2.64. The predicted molar refractivity (Wildman–Crippen MR) is 155 cm³/mol. The number of aliphatic hydroxyl groups excluding tert-OH is 2. The minimum absolute atomic E-state index is 0.0745. The Labute approximate surface area is 240 Å². The topological polar surface area (TPSA) is 97.3 Å². The van der Waals surface area contributed by atoms with Gasteiger partial charge in [-0.1, -0.05) is 121 Å². The van der Waals surface area contributed by atoms with E-state index in [1.165, 1.54) is 6.92 Å². The highest BCUT2D eigenvalue weighted by atomic mass is 16.7. The van der Waals surface area contributed by atoms with Crippen molar-refractivity contribution < 1.29 is 29.2 Å². The zero-order chi connectivity index (χ0) is 28.7. The van der Waals surface area contributed by atoms with Gasteiger partial charge in [0.05, 0.1) is 13.2 Å². The van der Waals surface area contributed by atoms with E-state index in [9.17, 15) is 15.0 Å². The summed E-state index contributed by atoms with van der Waals surface area (Å²) in [5, 5.41) is 25.0. The third kappa shape index (κ3) is 6.40.